The van der Waals surface area contributed by atoms with Crippen LogP contribution in [0.4, 0.5) is 5.82 Å². The lowest BCUT2D eigenvalue weighted by molar-refractivity contribution is -0.117. The number of pyridine rings is 1. The molecule has 2 amide bonds. The molecule has 0 spiro atoms. The van der Waals surface area contributed by atoms with E-state index in [1.165, 1.54) is 13.3 Å². The molecule has 2 fully saturated rings. The topological polar surface area (TPSA) is 125 Å². The van der Waals surface area contributed by atoms with Gasteiger partial charge in [-0.3, -0.25) is 9.59 Å². The number of carbonyl (C=O) groups excluding carboxylic acids is 2. The van der Waals surface area contributed by atoms with Gasteiger partial charge in [-0.05, 0) is 49.9 Å². The number of ether oxygens (including phenoxy) is 1. The number of nitrogens with zero attached hydrogens (tertiary/aromatic N) is 2. The molecule has 0 bridgehead atoms. The first-order valence-electron chi connectivity index (χ1n) is 11.0. The third-order valence-electron chi connectivity index (χ3n) is 6.22. The standard InChI is InChI=1S/C24H24N4O5/c1-33-19-10-14(23(30)28-8-2-3-9-28)6-7-15(19)18-11-16-17(24(31)32)12-25-21(20(16)26-18)27-22(29)13-4-5-13/h6-7,10-13,26H,2-5,8-9H2,1H3,(H,31,32)(H,25,27,29). The second-order valence-corrected chi connectivity index (χ2v) is 8.48. The van der Waals surface area contributed by atoms with Crippen LogP contribution in [0.5, 0.6) is 5.75 Å². The van der Waals surface area contributed by atoms with Crippen LogP contribution in [0.1, 0.15) is 46.4 Å². The number of aromatic nitrogens is 2. The highest BCUT2D eigenvalue weighted by Crippen LogP contribution is 2.36. The number of carboxylic acid groups (broad SMARTS) is 1. The molecule has 2 aromatic heterocycles. The third kappa shape index (κ3) is 3.90. The first-order valence-corrected chi connectivity index (χ1v) is 11.0. The number of amides is 2. The van der Waals surface area contributed by atoms with Gasteiger partial charge in [-0.25, -0.2) is 9.78 Å². The summed E-state index contributed by atoms with van der Waals surface area (Å²) < 4.78 is 5.57. The van der Waals surface area contributed by atoms with Gasteiger partial charge in [-0.2, -0.15) is 0 Å². The number of aromatic carboxylic acids is 1. The van der Waals surface area contributed by atoms with Gasteiger partial charge in [0, 0.05) is 41.7 Å². The number of aromatic amines is 1. The van der Waals surface area contributed by atoms with E-state index < -0.39 is 5.97 Å². The highest BCUT2D eigenvalue weighted by atomic mass is 16.5. The van der Waals surface area contributed by atoms with Gasteiger partial charge >= 0.3 is 5.97 Å². The second kappa shape index (κ2) is 8.23. The normalized spacial score (nSPS) is 15.6. The summed E-state index contributed by atoms with van der Waals surface area (Å²) >= 11 is 0. The molecule has 33 heavy (non-hydrogen) atoms. The minimum Gasteiger partial charge on any atom is -0.496 e. The van der Waals surface area contributed by atoms with Crippen LogP contribution in [0.15, 0.2) is 30.5 Å². The molecular weight excluding hydrogens is 424 g/mol. The molecule has 1 aromatic carbocycles. The third-order valence-corrected chi connectivity index (χ3v) is 6.22. The molecule has 1 aliphatic heterocycles. The predicted octanol–water partition coefficient (Wildman–Crippen LogP) is 3.52. The van der Waals surface area contributed by atoms with E-state index in [-0.39, 0.29) is 29.1 Å². The van der Waals surface area contributed by atoms with Crippen LogP contribution in [0.2, 0.25) is 0 Å². The lowest BCUT2D eigenvalue weighted by atomic mass is 10.1. The Hall–Kier alpha value is -3.88. The molecule has 5 rings (SSSR count). The molecule has 3 heterocycles. The number of anilines is 1. The Labute approximate surface area is 189 Å². The Kier molecular flexibility index (Phi) is 5.24. The van der Waals surface area contributed by atoms with Crippen molar-refractivity contribution >= 4 is 34.5 Å². The van der Waals surface area contributed by atoms with Gasteiger partial charge in [0.2, 0.25) is 5.91 Å². The summed E-state index contributed by atoms with van der Waals surface area (Å²) in [4.78, 5) is 46.1. The molecule has 1 saturated carbocycles. The van der Waals surface area contributed by atoms with E-state index in [9.17, 15) is 19.5 Å². The largest absolute Gasteiger partial charge is 0.496 e. The molecular formula is C24H24N4O5. The summed E-state index contributed by atoms with van der Waals surface area (Å²) in [5.74, 6) is -0.507. The van der Waals surface area contributed by atoms with E-state index in [0.29, 0.717) is 33.5 Å². The number of benzene rings is 1. The van der Waals surface area contributed by atoms with Crippen LogP contribution in [0, 0.1) is 5.92 Å². The number of fused-ring (bicyclic) bond motifs is 1. The zero-order valence-corrected chi connectivity index (χ0v) is 18.2. The fraction of sp³-hybridized carbons (Fsp3) is 0.333. The molecule has 1 aliphatic carbocycles. The van der Waals surface area contributed by atoms with Crippen molar-refractivity contribution in [3.63, 3.8) is 0 Å². The first-order chi connectivity index (χ1) is 16.0. The number of hydrogen-bond acceptors (Lipinski definition) is 5. The van der Waals surface area contributed by atoms with Crippen LogP contribution < -0.4 is 10.1 Å². The molecule has 9 nitrogen and oxygen atoms in total. The Morgan fingerprint density at radius 2 is 1.94 bits per heavy atom. The summed E-state index contributed by atoms with van der Waals surface area (Å²) in [5, 5.41) is 12.9. The smallest absolute Gasteiger partial charge is 0.337 e. The Balaban J connectivity index is 1.56. The zero-order chi connectivity index (χ0) is 23.1. The number of nitrogens with one attached hydrogen (secondary N) is 2. The molecule has 0 unspecified atom stereocenters. The van der Waals surface area contributed by atoms with E-state index in [4.69, 9.17) is 4.74 Å². The van der Waals surface area contributed by atoms with E-state index in [1.54, 1.807) is 24.3 Å². The van der Waals surface area contributed by atoms with Crippen molar-refractivity contribution in [2.75, 3.05) is 25.5 Å². The maximum absolute atomic E-state index is 12.8. The summed E-state index contributed by atoms with van der Waals surface area (Å²) in [6, 6.07) is 6.93. The minimum absolute atomic E-state index is 0.0174. The van der Waals surface area contributed by atoms with Crippen molar-refractivity contribution in [3.05, 3.63) is 41.6 Å². The Morgan fingerprint density at radius 3 is 2.61 bits per heavy atom. The zero-order valence-electron chi connectivity index (χ0n) is 18.2. The maximum atomic E-state index is 12.8. The number of carboxylic acids is 1. The Morgan fingerprint density at radius 1 is 1.18 bits per heavy atom. The van der Waals surface area contributed by atoms with Crippen molar-refractivity contribution in [1.82, 2.24) is 14.9 Å². The van der Waals surface area contributed by atoms with Crippen molar-refractivity contribution < 1.29 is 24.2 Å². The molecule has 3 N–H and O–H groups in total. The van der Waals surface area contributed by atoms with E-state index in [1.807, 2.05) is 4.90 Å². The quantitative estimate of drug-likeness (QED) is 0.530. The van der Waals surface area contributed by atoms with Crippen LogP contribution >= 0.6 is 0 Å². The fourth-order valence-electron chi connectivity index (χ4n) is 4.24. The van der Waals surface area contributed by atoms with E-state index >= 15 is 0 Å². The lowest BCUT2D eigenvalue weighted by Crippen LogP contribution is -2.27. The van der Waals surface area contributed by atoms with Gasteiger partial charge in [0.25, 0.3) is 5.91 Å². The maximum Gasteiger partial charge on any atom is 0.337 e. The second-order valence-electron chi connectivity index (χ2n) is 8.48. The van der Waals surface area contributed by atoms with Crippen LogP contribution in [-0.2, 0) is 4.79 Å². The number of likely N-dealkylation sites (tertiary alicyclic amines) is 1. The average molecular weight is 448 g/mol. The molecule has 3 aromatic rings. The van der Waals surface area contributed by atoms with Crippen LogP contribution in [0.3, 0.4) is 0 Å². The number of H-pyrrole nitrogens is 1. The summed E-state index contributed by atoms with van der Waals surface area (Å²) in [6.07, 6.45) is 4.96. The van der Waals surface area contributed by atoms with Crippen LogP contribution in [0.25, 0.3) is 22.2 Å². The van der Waals surface area contributed by atoms with Gasteiger partial charge < -0.3 is 25.0 Å². The molecule has 170 valence electrons. The summed E-state index contributed by atoms with van der Waals surface area (Å²) in [5.41, 5.74) is 2.26. The van der Waals surface area contributed by atoms with Gasteiger partial charge in [0.05, 0.1) is 23.9 Å². The number of carbonyl (C=O) groups is 3. The highest BCUT2D eigenvalue weighted by molar-refractivity contribution is 6.09. The Bertz CT molecular complexity index is 1270. The van der Waals surface area contributed by atoms with Crippen molar-refractivity contribution in [1.29, 1.82) is 0 Å². The number of rotatable bonds is 6. The number of hydrogen-bond donors (Lipinski definition) is 3. The SMILES string of the molecule is COc1cc(C(=O)N2CCCC2)ccc1-c1cc2c(C(=O)O)cnc(NC(=O)C3CC3)c2[nH]1. The predicted molar refractivity (Wildman–Crippen MR) is 122 cm³/mol. The number of methoxy groups -OCH3 is 1. The molecule has 9 heteroatoms. The van der Waals surface area contributed by atoms with Gasteiger partial charge in [0.1, 0.15) is 5.75 Å². The van der Waals surface area contributed by atoms with Gasteiger partial charge in [-0.1, -0.05) is 0 Å². The lowest BCUT2D eigenvalue weighted by Gasteiger charge is -2.16. The minimum atomic E-state index is -1.11. The van der Waals surface area contributed by atoms with Crippen molar-refractivity contribution in [3.8, 4) is 17.0 Å². The monoisotopic (exact) mass is 448 g/mol. The molecule has 1 saturated heterocycles. The van der Waals surface area contributed by atoms with Crippen molar-refractivity contribution in [2.45, 2.75) is 25.7 Å². The highest BCUT2D eigenvalue weighted by Gasteiger charge is 2.30. The van der Waals surface area contributed by atoms with Gasteiger partial charge in [-0.15, -0.1) is 0 Å². The van der Waals surface area contributed by atoms with Crippen LogP contribution in [-0.4, -0.2) is 58.0 Å². The van der Waals surface area contributed by atoms with E-state index in [0.717, 1.165) is 38.8 Å². The van der Waals surface area contributed by atoms with Gasteiger partial charge in [0.15, 0.2) is 5.82 Å². The molecule has 0 radical (unpaired) electrons. The molecule has 2 aliphatic rings. The summed E-state index contributed by atoms with van der Waals surface area (Å²) in [6.45, 7) is 1.51. The fourth-order valence-corrected chi connectivity index (χ4v) is 4.24. The first kappa shape index (κ1) is 21.0. The molecule has 0 atom stereocenters. The van der Waals surface area contributed by atoms with E-state index in [2.05, 4.69) is 15.3 Å². The van der Waals surface area contributed by atoms with Crippen molar-refractivity contribution in [2.24, 2.45) is 5.92 Å². The average Bonchev–Trinajstić information content (AvgIpc) is 3.34. The summed E-state index contributed by atoms with van der Waals surface area (Å²) in [7, 11) is 1.52.